The molecule has 0 atom stereocenters. The van der Waals surface area contributed by atoms with Crippen molar-refractivity contribution in [2.75, 3.05) is 87.7 Å². The molecule has 1 saturated heterocycles. The van der Waals surface area contributed by atoms with Gasteiger partial charge in [-0.3, -0.25) is 18.9 Å². The summed E-state index contributed by atoms with van der Waals surface area (Å²) in [5, 5.41) is 53.7. The minimum Gasteiger partial charge on any atom is -0.497 e. The van der Waals surface area contributed by atoms with Gasteiger partial charge in [0.25, 0.3) is 0 Å². The van der Waals surface area contributed by atoms with E-state index in [9.17, 15) is 73.2 Å². The topological polar surface area (TPSA) is 385 Å². The van der Waals surface area contributed by atoms with E-state index in [4.69, 9.17) is 38.4 Å². The largest absolute Gasteiger partial charge is 0.573 e. The number of aromatic nitrogens is 5. The second-order valence-corrected chi connectivity index (χ2v) is 43.3. The second-order valence-electron chi connectivity index (χ2n) is 33.7. The summed E-state index contributed by atoms with van der Waals surface area (Å²) in [7, 11) is -10.1. The number of sulfonamides is 4. The number of nitriles is 5. The molecule has 1 aliphatic heterocycles. The lowest BCUT2D eigenvalue weighted by Crippen LogP contribution is -2.37. The highest BCUT2D eigenvalue weighted by molar-refractivity contribution is 7.99. The van der Waals surface area contributed by atoms with Gasteiger partial charge in [-0.15, -0.1) is 13.2 Å². The number of ether oxygens (including phenoxy) is 3. The van der Waals surface area contributed by atoms with E-state index in [1.807, 2.05) is 153 Å². The van der Waals surface area contributed by atoms with Crippen molar-refractivity contribution >= 4 is 158 Å². The van der Waals surface area contributed by atoms with Crippen molar-refractivity contribution in [3.05, 3.63) is 250 Å². The highest BCUT2D eigenvalue weighted by Crippen LogP contribution is 2.45. The van der Waals surface area contributed by atoms with Crippen molar-refractivity contribution in [1.29, 1.82) is 26.3 Å². The first-order valence-corrected chi connectivity index (χ1v) is 54.2. The smallest absolute Gasteiger partial charge is 0.497 e. The van der Waals surface area contributed by atoms with Crippen LogP contribution in [0.3, 0.4) is 0 Å². The van der Waals surface area contributed by atoms with Crippen LogP contribution in [0, 0.1) is 62.6 Å². The Bertz CT molecular complexity index is 7900. The van der Waals surface area contributed by atoms with E-state index in [1.54, 1.807) is 111 Å². The third kappa shape index (κ3) is 23.6. The van der Waals surface area contributed by atoms with Crippen molar-refractivity contribution < 1.29 is 61.1 Å². The van der Waals surface area contributed by atoms with Crippen LogP contribution in [0.15, 0.2) is 212 Å². The van der Waals surface area contributed by atoms with Crippen LogP contribution in [0.25, 0.3) is 111 Å². The van der Waals surface area contributed by atoms with Gasteiger partial charge >= 0.3 is 6.36 Å². The lowest BCUT2D eigenvalue weighted by atomic mass is 10.0. The van der Waals surface area contributed by atoms with Crippen LogP contribution in [0.2, 0.25) is 10.0 Å². The molecule has 15 aromatic rings. The summed E-state index contributed by atoms with van der Waals surface area (Å²) in [6.45, 7) is 15.3. The number of nitrogens with one attached hydrogen (secondary N) is 4. The van der Waals surface area contributed by atoms with Crippen LogP contribution in [0.5, 0.6) is 17.2 Å². The number of alkyl halides is 3. The van der Waals surface area contributed by atoms with Crippen LogP contribution in [0.4, 0.5) is 41.6 Å². The number of methoxy groups -OCH3 is 2. The van der Waals surface area contributed by atoms with E-state index in [1.165, 1.54) is 43.9 Å². The lowest BCUT2D eigenvalue weighted by Gasteiger charge is -2.25. The molecular formula is C104H103Cl2F3N16O11S5. The number of rotatable bonds is 27. The van der Waals surface area contributed by atoms with Gasteiger partial charge in [0.15, 0.2) is 0 Å². The van der Waals surface area contributed by atoms with Crippen molar-refractivity contribution in [2.24, 2.45) is 5.92 Å². The average Bonchev–Trinajstić information content (AvgIpc) is 1.57. The molecule has 0 bridgehead atoms. The van der Waals surface area contributed by atoms with Crippen molar-refractivity contribution in [3.8, 4) is 104 Å². The first kappa shape index (κ1) is 103. The van der Waals surface area contributed by atoms with Gasteiger partial charge in [0.2, 0.25) is 40.1 Å². The fourth-order valence-electron chi connectivity index (χ4n) is 18.0. The molecule has 5 aromatic heterocycles. The molecule has 0 unspecified atom stereocenters. The molecule has 6 heterocycles. The molecule has 37 heteroatoms. The summed E-state index contributed by atoms with van der Waals surface area (Å²) >= 11 is 14.6. The fraction of sp³-hybridized carbons (Fsp3) is 0.279. The predicted molar refractivity (Wildman–Crippen MR) is 558 cm³/mol. The molecule has 2 aliphatic carbocycles. The minimum atomic E-state index is -4.77. The van der Waals surface area contributed by atoms with Crippen molar-refractivity contribution in [3.63, 3.8) is 0 Å². The van der Waals surface area contributed by atoms with Gasteiger partial charge in [-0.25, -0.2) is 33.7 Å². The Labute approximate surface area is 832 Å². The third-order valence-electron chi connectivity index (χ3n) is 24.7. The maximum Gasteiger partial charge on any atom is 0.573 e. The van der Waals surface area contributed by atoms with Gasteiger partial charge < -0.3 is 47.7 Å². The maximum atomic E-state index is 12.6. The molecule has 0 spiro atoms. The second kappa shape index (κ2) is 44.4. The highest BCUT2D eigenvalue weighted by atomic mass is 35.5. The Balaban J connectivity index is 0.000000141. The van der Waals surface area contributed by atoms with Crippen molar-refractivity contribution in [1.82, 2.24) is 27.7 Å². The van der Waals surface area contributed by atoms with Gasteiger partial charge in [0.1, 0.15) is 47.6 Å². The summed E-state index contributed by atoms with van der Waals surface area (Å²) in [4.78, 5) is 2.20. The summed E-state index contributed by atoms with van der Waals surface area (Å²) in [5.74, 6) is 3.96. The number of fused-ring (bicyclic) bond motifs is 5. The molecule has 3 aliphatic rings. The molecule has 141 heavy (non-hydrogen) atoms. The lowest BCUT2D eigenvalue weighted by molar-refractivity contribution is -0.274. The molecule has 18 rings (SSSR count). The summed E-state index contributed by atoms with van der Waals surface area (Å²) in [6, 6.07) is 73.7. The Hall–Kier alpha value is -13.8. The molecule has 6 N–H and O–H groups in total. The van der Waals surface area contributed by atoms with Crippen LogP contribution < -0.4 is 38.8 Å². The molecule has 0 radical (unpaired) electrons. The van der Waals surface area contributed by atoms with Gasteiger partial charge in [-0.1, -0.05) is 109 Å². The van der Waals surface area contributed by atoms with Crippen LogP contribution in [-0.2, 0) is 72.8 Å². The van der Waals surface area contributed by atoms with Gasteiger partial charge in [-0.05, 0) is 215 Å². The number of thioether (sulfide) groups is 1. The van der Waals surface area contributed by atoms with Crippen LogP contribution in [-0.4, -0.2) is 136 Å². The molecule has 3 fully saturated rings. The Morgan fingerprint density at radius 1 is 0.433 bits per heavy atom. The zero-order valence-electron chi connectivity index (χ0n) is 78.5. The SMILES string of the molecule is CCn1c(-c2ccc(N)cc2)c(C#N)c2ccc(OC(F)(F)F)cc21.CCn1c(-c2ccc(NS(=O)(=O)C3CC3)cc2)c(C#N)c2c(Cl)cccc21.CCn1c(-c2ccc(NS(=O)(=O)CC)cc2)c(C#N)c2c(Cl)cccc21.CCn1c(-c2ccc(NS(=O)(=O)CCN3CCSCC3)cc2)c(C#N)c2ccc(OC)cc21.COc1ccc2c(C#N)c(-c3ccc(NS(C)(=O)=O)cc3)n(CC3CCCC3)c2c1. The Morgan fingerprint density at radius 2 is 0.780 bits per heavy atom. The van der Waals surface area contributed by atoms with Crippen LogP contribution in [0.1, 0.15) is 101 Å². The Morgan fingerprint density at radius 3 is 1.15 bits per heavy atom. The molecule has 730 valence electrons. The molecular weight excluding hydrogens is 1940 g/mol. The molecule has 0 amide bonds. The first-order chi connectivity index (χ1) is 67.6. The number of nitrogen functional groups attached to an aromatic ring is 1. The van der Waals surface area contributed by atoms with E-state index in [2.05, 4.69) is 72.6 Å². The van der Waals surface area contributed by atoms with E-state index >= 15 is 0 Å². The predicted octanol–water partition coefficient (Wildman–Crippen LogP) is 22.8. The highest BCUT2D eigenvalue weighted by Gasteiger charge is 2.37. The summed E-state index contributed by atoms with van der Waals surface area (Å²) in [5.41, 5.74) is 23.4. The summed E-state index contributed by atoms with van der Waals surface area (Å²) < 4.78 is 169. The molecule has 2 saturated carbocycles. The minimum absolute atomic E-state index is 0.00983. The number of nitrogens with two attached hydrogens (primary N) is 1. The van der Waals surface area contributed by atoms with E-state index in [-0.39, 0.29) is 22.5 Å². The number of anilines is 5. The van der Waals surface area contributed by atoms with Gasteiger partial charge in [0, 0.05) is 137 Å². The first-order valence-electron chi connectivity index (χ1n) is 45.6. The number of hydrogen-bond acceptors (Lipinski definition) is 19. The molecule has 10 aromatic carbocycles. The number of hydrogen-bond donors (Lipinski definition) is 5. The zero-order valence-corrected chi connectivity index (χ0v) is 84.1. The average molecular weight is 2040 g/mol. The van der Waals surface area contributed by atoms with E-state index in [0.717, 1.165) is 156 Å². The normalized spacial score (nSPS) is 13.5. The van der Waals surface area contributed by atoms with Gasteiger partial charge in [-0.2, -0.15) is 38.1 Å². The van der Waals surface area contributed by atoms with Gasteiger partial charge in [0.05, 0.1) is 131 Å². The standard InChI is InChI=1S/C24H28N4O3S2.C23H25N3O3S.C20H18ClN3O2S.C19H18ClN3O2S.C18H14F3N3O/c1-3-28-23-16-20(31-2)8-9-21(23)22(17-25)24(28)18-4-6-19(7-5-18)26-33(29,30)15-12-27-10-13-32-14-11-27;1-29-19-11-12-20-21(14-24)23(17-7-9-18(10-8-17)25-30(2,27)28)26(22(20)13-19)15-16-5-3-4-6-16;1-2-24-18-5-3-4-17(21)19(18)16(12-22)20(24)13-6-8-14(9-7-13)23-27(25,26)15-10-11-15;1-3-23-17-7-5-6-16(20)18(17)15(12-21)19(23)13-8-10-14(11-9-13)22-26(24,25)4-2;1-2-24-16-9-13(25-18(19,20)21)7-8-14(16)15(10-22)17(24)11-3-5-12(23)6-4-11/h4-9,16,26H,3,10-15H2,1-2H3;7-13,16,25H,3-6,15H2,1-2H3;3-9,15,23H,2,10-11H2,1H3;5-11,22H,3-4H2,1-2H3;3-9H,2,23H2,1H3. The number of benzene rings is 10. The molecule has 27 nitrogen and oxygen atoms in total. The third-order valence-corrected chi connectivity index (χ3v) is 31.3. The van der Waals surface area contributed by atoms with E-state index < -0.39 is 46.5 Å². The number of nitrogens with zero attached hydrogens (tertiary/aromatic N) is 11. The fourth-order valence-corrected chi connectivity index (χ4v) is 23.2. The Kier molecular flexibility index (Phi) is 32.4. The monoisotopic (exact) mass is 2040 g/mol. The summed E-state index contributed by atoms with van der Waals surface area (Å²) in [6.07, 6.45) is 2.69. The quantitative estimate of drug-likeness (QED) is 0.0299. The van der Waals surface area contributed by atoms with Crippen LogP contribution >= 0.6 is 35.0 Å². The van der Waals surface area contributed by atoms with E-state index in [0.29, 0.717) is 122 Å². The zero-order chi connectivity index (χ0) is 101. The van der Waals surface area contributed by atoms with Crippen molar-refractivity contribution in [2.45, 2.75) is 117 Å². The number of halogens is 5. The number of aryl methyl sites for hydroxylation is 4. The maximum absolute atomic E-state index is 12.6.